The fraction of sp³-hybridized carbons (Fsp3) is 0.500. The second-order valence-corrected chi connectivity index (χ2v) is 9.31. The van der Waals surface area contributed by atoms with Crippen LogP contribution in [0.15, 0.2) is 30.6 Å². The Bertz CT molecular complexity index is 1140. The van der Waals surface area contributed by atoms with Crippen LogP contribution in [0.1, 0.15) is 55.4 Å². The molecule has 0 radical (unpaired) electrons. The summed E-state index contributed by atoms with van der Waals surface area (Å²) in [5, 5.41) is 7.57. The molecule has 0 amide bonds. The van der Waals surface area contributed by atoms with Gasteiger partial charge in [0, 0.05) is 49.7 Å². The number of pyridine rings is 1. The summed E-state index contributed by atoms with van der Waals surface area (Å²) in [5.74, 6) is 1.46. The zero-order valence-electron chi connectivity index (χ0n) is 18.3. The van der Waals surface area contributed by atoms with Gasteiger partial charge >= 0.3 is 0 Å². The molecule has 2 fully saturated rings. The number of fused-ring (bicyclic) bond motifs is 4. The van der Waals surface area contributed by atoms with E-state index in [2.05, 4.69) is 36.1 Å². The molecule has 2 aliphatic heterocycles. The van der Waals surface area contributed by atoms with Crippen LogP contribution in [0.2, 0.25) is 0 Å². The molecule has 0 aromatic carbocycles. The van der Waals surface area contributed by atoms with E-state index in [-0.39, 0.29) is 11.3 Å². The van der Waals surface area contributed by atoms with Crippen molar-refractivity contribution in [2.75, 3.05) is 36.4 Å². The molecule has 32 heavy (non-hydrogen) atoms. The van der Waals surface area contributed by atoms with Crippen molar-refractivity contribution in [2.45, 2.75) is 50.5 Å². The van der Waals surface area contributed by atoms with Gasteiger partial charge in [0.1, 0.15) is 11.5 Å². The standard InChI is InChI=1S/C24H29N7O/c32-20-6-9-24(7-2-1-3-8-24)31-19(20)14-17-15-27-23(29-22(17)31)28-21-5-4-18(16-26-21)30-12-10-25-11-13-30/h4-5,14-16,25H,1-3,6-13H2,(H,26,27,28,29). The summed E-state index contributed by atoms with van der Waals surface area (Å²) in [6.07, 6.45) is 11.2. The molecule has 5 heterocycles. The summed E-state index contributed by atoms with van der Waals surface area (Å²) < 4.78 is 2.25. The molecular weight excluding hydrogens is 402 g/mol. The third kappa shape index (κ3) is 3.33. The Balaban J connectivity index is 1.31. The number of ketones is 1. The number of hydrogen-bond donors (Lipinski definition) is 2. The number of carbonyl (C=O) groups is 1. The average Bonchev–Trinajstić information content (AvgIpc) is 3.24. The minimum atomic E-state index is 0.0259. The van der Waals surface area contributed by atoms with Crippen molar-refractivity contribution in [1.29, 1.82) is 0 Å². The molecule has 2 N–H and O–H groups in total. The molecule has 3 aromatic rings. The maximum absolute atomic E-state index is 12.7. The van der Waals surface area contributed by atoms with Crippen molar-refractivity contribution in [3.8, 4) is 0 Å². The fourth-order valence-electron chi connectivity index (χ4n) is 5.69. The van der Waals surface area contributed by atoms with E-state index in [9.17, 15) is 4.79 Å². The molecule has 1 saturated heterocycles. The molecule has 0 bridgehead atoms. The molecule has 1 spiro atoms. The van der Waals surface area contributed by atoms with Crippen LogP contribution in [-0.4, -0.2) is 51.5 Å². The topological polar surface area (TPSA) is 88.0 Å². The van der Waals surface area contributed by atoms with Crippen molar-refractivity contribution in [3.05, 3.63) is 36.3 Å². The second kappa shape index (κ2) is 7.85. The van der Waals surface area contributed by atoms with Gasteiger partial charge in [-0.25, -0.2) is 9.97 Å². The van der Waals surface area contributed by atoms with Gasteiger partial charge in [0.05, 0.1) is 17.6 Å². The maximum atomic E-state index is 12.7. The van der Waals surface area contributed by atoms with Crippen LogP contribution in [0.5, 0.6) is 0 Å². The lowest BCUT2D eigenvalue weighted by Gasteiger charge is -2.42. The molecule has 8 nitrogen and oxygen atoms in total. The lowest BCUT2D eigenvalue weighted by molar-refractivity contribution is 0.0852. The van der Waals surface area contributed by atoms with Crippen LogP contribution in [0, 0.1) is 0 Å². The number of anilines is 3. The number of aromatic nitrogens is 4. The smallest absolute Gasteiger partial charge is 0.230 e. The number of carbonyl (C=O) groups excluding carboxylic acids is 1. The average molecular weight is 432 g/mol. The SMILES string of the molecule is O=C1CCC2(CCCCC2)n2c1cc1cnc(Nc3ccc(N4CCNCC4)cn3)nc12. The number of Topliss-reactive ketones (excluding diaryl/α,β-unsaturated/α-hetero) is 1. The Morgan fingerprint density at radius 3 is 2.62 bits per heavy atom. The largest absolute Gasteiger partial charge is 0.368 e. The van der Waals surface area contributed by atoms with Gasteiger partial charge in [-0.3, -0.25) is 4.79 Å². The summed E-state index contributed by atoms with van der Waals surface area (Å²) in [6, 6.07) is 6.05. The third-order valence-corrected chi connectivity index (χ3v) is 7.37. The summed E-state index contributed by atoms with van der Waals surface area (Å²) in [6.45, 7) is 3.99. The maximum Gasteiger partial charge on any atom is 0.230 e. The zero-order chi connectivity index (χ0) is 21.5. The summed E-state index contributed by atoms with van der Waals surface area (Å²) in [4.78, 5) is 29.0. The molecule has 0 unspecified atom stereocenters. The molecule has 0 atom stereocenters. The van der Waals surface area contributed by atoms with Gasteiger partial charge in [-0.1, -0.05) is 19.3 Å². The van der Waals surface area contributed by atoms with E-state index in [1.807, 2.05) is 24.5 Å². The van der Waals surface area contributed by atoms with Gasteiger partial charge < -0.3 is 20.1 Å². The van der Waals surface area contributed by atoms with Crippen molar-refractivity contribution in [1.82, 2.24) is 24.8 Å². The predicted molar refractivity (Wildman–Crippen MR) is 125 cm³/mol. The molecule has 6 rings (SSSR count). The van der Waals surface area contributed by atoms with E-state index in [4.69, 9.17) is 4.98 Å². The zero-order valence-corrected chi connectivity index (χ0v) is 18.3. The van der Waals surface area contributed by atoms with Crippen LogP contribution in [0.3, 0.4) is 0 Å². The Morgan fingerprint density at radius 2 is 1.84 bits per heavy atom. The van der Waals surface area contributed by atoms with E-state index >= 15 is 0 Å². The monoisotopic (exact) mass is 431 g/mol. The summed E-state index contributed by atoms with van der Waals surface area (Å²) in [5.41, 5.74) is 2.83. The lowest BCUT2D eigenvalue weighted by Crippen LogP contribution is -2.43. The Hall–Kier alpha value is -3.00. The van der Waals surface area contributed by atoms with E-state index < -0.39 is 0 Å². The number of hydrogen-bond acceptors (Lipinski definition) is 7. The van der Waals surface area contributed by atoms with Crippen molar-refractivity contribution in [2.24, 2.45) is 0 Å². The second-order valence-electron chi connectivity index (χ2n) is 9.31. The summed E-state index contributed by atoms with van der Waals surface area (Å²) >= 11 is 0. The normalized spacial score (nSPS) is 20.5. The van der Waals surface area contributed by atoms with Crippen LogP contribution < -0.4 is 15.5 Å². The fourth-order valence-corrected chi connectivity index (χ4v) is 5.69. The highest BCUT2D eigenvalue weighted by molar-refractivity contribution is 6.00. The number of nitrogens with one attached hydrogen (secondary N) is 2. The van der Waals surface area contributed by atoms with Gasteiger partial charge in [0.15, 0.2) is 5.78 Å². The highest BCUT2D eigenvalue weighted by Gasteiger charge is 2.41. The number of piperazine rings is 1. The van der Waals surface area contributed by atoms with Crippen molar-refractivity contribution >= 4 is 34.3 Å². The molecule has 3 aliphatic rings. The van der Waals surface area contributed by atoms with E-state index in [0.717, 1.165) is 73.7 Å². The van der Waals surface area contributed by atoms with E-state index in [1.165, 1.54) is 19.3 Å². The first-order valence-electron chi connectivity index (χ1n) is 11.8. The van der Waals surface area contributed by atoms with Gasteiger partial charge in [0.25, 0.3) is 0 Å². The molecular formula is C24H29N7O. The van der Waals surface area contributed by atoms with E-state index in [1.54, 1.807) is 0 Å². The molecule has 1 aliphatic carbocycles. The Kier molecular flexibility index (Phi) is 4.82. The van der Waals surface area contributed by atoms with Crippen molar-refractivity contribution < 1.29 is 4.79 Å². The highest BCUT2D eigenvalue weighted by Crippen LogP contribution is 2.45. The highest BCUT2D eigenvalue weighted by atomic mass is 16.1. The van der Waals surface area contributed by atoms with Gasteiger partial charge in [-0.15, -0.1) is 0 Å². The number of rotatable bonds is 3. The predicted octanol–water partition coefficient (Wildman–Crippen LogP) is 3.62. The number of nitrogens with zero attached hydrogens (tertiary/aromatic N) is 5. The van der Waals surface area contributed by atoms with Gasteiger partial charge in [-0.05, 0) is 37.5 Å². The minimum absolute atomic E-state index is 0.0259. The van der Waals surface area contributed by atoms with Crippen LogP contribution >= 0.6 is 0 Å². The molecule has 8 heteroatoms. The molecule has 1 saturated carbocycles. The molecule has 166 valence electrons. The first-order valence-corrected chi connectivity index (χ1v) is 11.8. The molecule has 3 aromatic heterocycles. The van der Waals surface area contributed by atoms with E-state index in [0.29, 0.717) is 12.4 Å². The van der Waals surface area contributed by atoms with Crippen molar-refractivity contribution in [3.63, 3.8) is 0 Å². The van der Waals surface area contributed by atoms with Crippen LogP contribution in [-0.2, 0) is 5.54 Å². The van der Waals surface area contributed by atoms with Crippen LogP contribution in [0.25, 0.3) is 11.0 Å². The lowest BCUT2D eigenvalue weighted by atomic mass is 9.75. The van der Waals surface area contributed by atoms with Gasteiger partial charge in [-0.2, -0.15) is 4.98 Å². The Labute approximate surface area is 187 Å². The quantitative estimate of drug-likeness (QED) is 0.655. The minimum Gasteiger partial charge on any atom is -0.368 e. The summed E-state index contributed by atoms with van der Waals surface area (Å²) in [7, 11) is 0. The Morgan fingerprint density at radius 1 is 1.00 bits per heavy atom. The van der Waals surface area contributed by atoms with Crippen LogP contribution in [0.4, 0.5) is 17.5 Å². The van der Waals surface area contributed by atoms with Gasteiger partial charge in [0.2, 0.25) is 5.95 Å². The first kappa shape index (κ1) is 19.7. The third-order valence-electron chi connectivity index (χ3n) is 7.37. The first-order chi connectivity index (χ1) is 15.7.